The number of likely N-dealkylation sites (tertiary alicyclic amines) is 1. The summed E-state index contributed by atoms with van der Waals surface area (Å²) in [4.78, 5) is 39.5. The Morgan fingerprint density at radius 2 is 2.20 bits per heavy atom. The van der Waals surface area contributed by atoms with E-state index < -0.39 is 12.0 Å². The van der Waals surface area contributed by atoms with Gasteiger partial charge in [-0.1, -0.05) is 0 Å². The zero-order valence-corrected chi connectivity index (χ0v) is 11.2. The Kier molecular flexibility index (Phi) is 3.69. The van der Waals surface area contributed by atoms with Crippen molar-refractivity contribution >= 4 is 23.5 Å². The normalized spacial score (nSPS) is 19.1. The van der Waals surface area contributed by atoms with E-state index in [-0.39, 0.29) is 23.8 Å². The first kappa shape index (κ1) is 14.0. The van der Waals surface area contributed by atoms with Gasteiger partial charge in [-0.3, -0.25) is 19.5 Å². The number of pyridine rings is 1. The van der Waals surface area contributed by atoms with E-state index >= 15 is 0 Å². The molecule has 0 aliphatic carbocycles. The molecule has 1 atom stereocenters. The Hall–Kier alpha value is -2.44. The number of hydrogen-bond donors (Lipinski definition) is 2. The monoisotopic (exact) mass is 277 g/mol. The van der Waals surface area contributed by atoms with Gasteiger partial charge in [0.15, 0.2) is 0 Å². The van der Waals surface area contributed by atoms with Gasteiger partial charge in [-0.2, -0.15) is 0 Å². The van der Waals surface area contributed by atoms with Gasteiger partial charge in [0.25, 0.3) is 5.91 Å². The highest BCUT2D eigenvalue weighted by Gasteiger charge is 2.32. The van der Waals surface area contributed by atoms with Gasteiger partial charge >= 0.3 is 5.97 Å². The fraction of sp³-hybridized carbons (Fsp3) is 0.385. The second-order valence-corrected chi connectivity index (χ2v) is 4.70. The Balaban J connectivity index is 2.26. The number of aromatic nitrogens is 1. The summed E-state index contributed by atoms with van der Waals surface area (Å²) in [7, 11) is 1.43. The quantitative estimate of drug-likeness (QED) is 0.787. The van der Waals surface area contributed by atoms with Crippen LogP contribution < -0.4 is 5.32 Å². The number of imide groups is 1. The summed E-state index contributed by atoms with van der Waals surface area (Å²) in [6, 6.07) is 0.977. The van der Waals surface area contributed by atoms with Crippen molar-refractivity contribution in [2.75, 3.05) is 12.4 Å². The highest BCUT2D eigenvalue weighted by molar-refractivity contribution is 6.02. The minimum absolute atomic E-state index is 0.00273. The number of carboxylic acid groups (broad SMARTS) is 1. The van der Waals surface area contributed by atoms with Crippen LogP contribution in [0.3, 0.4) is 0 Å². The van der Waals surface area contributed by atoms with Gasteiger partial charge < -0.3 is 10.4 Å². The predicted molar refractivity (Wildman–Crippen MR) is 70.4 cm³/mol. The first-order valence-corrected chi connectivity index (χ1v) is 6.17. The van der Waals surface area contributed by atoms with E-state index in [1.54, 1.807) is 13.0 Å². The summed E-state index contributed by atoms with van der Waals surface area (Å²) in [5.41, 5.74) is 0.985. The van der Waals surface area contributed by atoms with E-state index in [4.69, 9.17) is 5.11 Å². The second kappa shape index (κ2) is 5.28. The highest BCUT2D eigenvalue weighted by atomic mass is 16.4. The van der Waals surface area contributed by atoms with E-state index in [0.29, 0.717) is 17.8 Å². The second-order valence-electron chi connectivity index (χ2n) is 4.70. The number of nitrogens with one attached hydrogen (secondary N) is 1. The third-order valence-corrected chi connectivity index (χ3v) is 3.25. The summed E-state index contributed by atoms with van der Waals surface area (Å²) in [6.07, 6.45) is 1.86. The van der Waals surface area contributed by atoms with Gasteiger partial charge in [-0.25, -0.2) is 4.79 Å². The first-order valence-electron chi connectivity index (χ1n) is 6.17. The van der Waals surface area contributed by atoms with Crippen LogP contribution in [0.5, 0.6) is 0 Å². The number of carboxylic acids is 1. The van der Waals surface area contributed by atoms with E-state index in [1.807, 2.05) is 0 Å². The zero-order valence-electron chi connectivity index (χ0n) is 11.2. The lowest BCUT2D eigenvalue weighted by Crippen LogP contribution is -2.48. The topological polar surface area (TPSA) is 99.6 Å². The molecule has 0 radical (unpaired) electrons. The molecule has 0 aromatic carbocycles. The van der Waals surface area contributed by atoms with Gasteiger partial charge in [0.1, 0.15) is 11.6 Å². The summed E-state index contributed by atoms with van der Waals surface area (Å²) in [5.74, 6) is -1.70. The van der Waals surface area contributed by atoms with Crippen LogP contribution in [-0.4, -0.2) is 45.9 Å². The minimum Gasteiger partial charge on any atom is -0.478 e. The predicted octanol–water partition coefficient (Wildman–Crippen LogP) is 0.648. The summed E-state index contributed by atoms with van der Waals surface area (Å²) in [6.45, 7) is 1.73. The molecule has 1 unspecified atom stereocenters. The smallest absolute Gasteiger partial charge is 0.339 e. The Bertz CT molecular complexity index is 585. The Morgan fingerprint density at radius 1 is 1.50 bits per heavy atom. The molecule has 0 saturated carbocycles. The maximum Gasteiger partial charge on any atom is 0.339 e. The molecule has 2 rings (SSSR count). The number of hydrogen-bond acceptors (Lipinski definition) is 5. The fourth-order valence-electron chi connectivity index (χ4n) is 2.09. The van der Waals surface area contributed by atoms with Crippen molar-refractivity contribution in [1.29, 1.82) is 0 Å². The van der Waals surface area contributed by atoms with Crippen molar-refractivity contribution in [2.45, 2.75) is 25.8 Å². The van der Waals surface area contributed by atoms with Gasteiger partial charge in [0, 0.05) is 25.4 Å². The highest BCUT2D eigenvalue weighted by Crippen LogP contribution is 2.21. The van der Waals surface area contributed by atoms with Crippen molar-refractivity contribution < 1.29 is 19.5 Å². The molecule has 1 saturated heterocycles. The molecule has 1 aromatic heterocycles. The molecule has 0 bridgehead atoms. The van der Waals surface area contributed by atoms with Crippen LogP contribution in [0.4, 0.5) is 5.69 Å². The van der Waals surface area contributed by atoms with E-state index in [1.165, 1.54) is 13.2 Å². The maximum atomic E-state index is 12.0. The molecule has 7 nitrogen and oxygen atoms in total. The largest absolute Gasteiger partial charge is 0.478 e. The lowest BCUT2D eigenvalue weighted by atomic mass is 10.0. The molecule has 2 amide bonds. The van der Waals surface area contributed by atoms with Crippen LogP contribution in [0.25, 0.3) is 0 Å². The molecule has 106 valence electrons. The molecule has 1 aliphatic rings. The van der Waals surface area contributed by atoms with Crippen molar-refractivity contribution in [2.24, 2.45) is 0 Å². The molecule has 1 aromatic rings. The van der Waals surface area contributed by atoms with Gasteiger partial charge in [-0.05, 0) is 19.4 Å². The van der Waals surface area contributed by atoms with Crippen LogP contribution in [0.1, 0.15) is 28.9 Å². The van der Waals surface area contributed by atoms with Crippen molar-refractivity contribution in [3.05, 3.63) is 23.5 Å². The number of carbonyl (C=O) groups is 3. The average Bonchev–Trinajstić information content (AvgIpc) is 2.39. The molecule has 2 heterocycles. The number of carbonyl (C=O) groups excluding carboxylic acids is 2. The van der Waals surface area contributed by atoms with Crippen LogP contribution >= 0.6 is 0 Å². The number of amides is 2. The minimum atomic E-state index is -1.12. The molecule has 0 spiro atoms. The lowest BCUT2D eigenvalue weighted by Gasteiger charge is -2.29. The first-order chi connectivity index (χ1) is 9.40. The third kappa shape index (κ3) is 2.61. The zero-order chi connectivity index (χ0) is 14.9. The molecule has 20 heavy (non-hydrogen) atoms. The number of rotatable bonds is 3. The number of anilines is 1. The van der Waals surface area contributed by atoms with Gasteiger partial charge in [-0.15, -0.1) is 0 Å². The number of likely N-dealkylation sites (N-methyl/N-ethyl adjacent to an activating group) is 1. The SMILES string of the molecule is Cc1cc(NC2CCC(=O)N(C)C2=O)c(C(=O)O)cn1. The van der Waals surface area contributed by atoms with E-state index in [2.05, 4.69) is 10.3 Å². The van der Waals surface area contributed by atoms with Crippen molar-refractivity contribution in [3.63, 3.8) is 0 Å². The Labute approximate surface area is 115 Å². The standard InChI is InChI=1S/C13H15N3O4/c1-7-5-10(8(6-14-7)13(19)20)15-9-3-4-11(17)16(2)12(9)18/h5-6,9H,3-4H2,1-2H3,(H,14,15)(H,19,20). The van der Waals surface area contributed by atoms with Crippen molar-refractivity contribution in [3.8, 4) is 0 Å². The number of nitrogens with zero attached hydrogens (tertiary/aromatic N) is 2. The third-order valence-electron chi connectivity index (χ3n) is 3.25. The molecule has 1 aliphatic heterocycles. The summed E-state index contributed by atoms with van der Waals surface area (Å²) in [5, 5.41) is 12.0. The van der Waals surface area contributed by atoms with E-state index in [0.717, 1.165) is 4.90 Å². The molecular weight excluding hydrogens is 262 g/mol. The number of aromatic carboxylic acids is 1. The van der Waals surface area contributed by atoms with E-state index in [9.17, 15) is 14.4 Å². The molecule has 7 heteroatoms. The molecule has 1 fully saturated rings. The number of aryl methyl sites for hydroxylation is 1. The summed E-state index contributed by atoms with van der Waals surface area (Å²) >= 11 is 0. The van der Waals surface area contributed by atoms with Gasteiger partial charge in [0.05, 0.1) is 5.69 Å². The van der Waals surface area contributed by atoms with Crippen LogP contribution in [0.15, 0.2) is 12.3 Å². The molecule has 2 N–H and O–H groups in total. The Morgan fingerprint density at radius 3 is 2.85 bits per heavy atom. The van der Waals surface area contributed by atoms with Crippen LogP contribution in [0, 0.1) is 6.92 Å². The maximum absolute atomic E-state index is 12.0. The van der Waals surface area contributed by atoms with Crippen LogP contribution in [-0.2, 0) is 9.59 Å². The van der Waals surface area contributed by atoms with Crippen molar-refractivity contribution in [1.82, 2.24) is 9.88 Å². The lowest BCUT2D eigenvalue weighted by molar-refractivity contribution is -0.146. The summed E-state index contributed by atoms with van der Waals surface area (Å²) < 4.78 is 0. The average molecular weight is 277 g/mol. The number of piperidine rings is 1. The van der Waals surface area contributed by atoms with Gasteiger partial charge in [0.2, 0.25) is 5.91 Å². The molecular formula is C13H15N3O4. The fourth-order valence-corrected chi connectivity index (χ4v) is 2.09. The van der Waals surface area contributed by atoms with Crippen LogP contribution in [0.2, 0.25) is 0 Å².